The Labute approximate surface area is 247 Å². The molecule has 4 rings (SSSR count). The summed E-state index contributed by atoms with van der Waals surface area (Å²) in [7, 11) is 0. The fourth-order valence-electron chi connectivity index (χ4n) is 3.64. The lowest BCUT2D eigenvalue weighted by Gasteiger charge is -2.29. The molecule has 3 aromatic carbocycles. The van der Waals surface area contributed by atoms with Crippen molar-refractivity contribution in [3.05, 3.63) is 91.4 Å². The number of thiocarbonyl (C=S) groups is 1. The number of benzene rings is 3. The first-order chi connectivity index (χ1) is 18.6. The maximum absolute atomic E-state index is 13.4. The number of rotatable bonds is 8. The van der Waals surface area contributed by atoms with Gasteiger partial charge < -0.3 is 14.6 Å². The number of nitrogens with zero attached hydrogens (tertiary/aromatic N) is 1. The fourth-order valence-corrected chi connectivity index (χ4v) is 4.73. The molecule has 0 bridgehead atoms. The Bertz CT molecular complexity index is 1530. The van der Waals surface area contributed by atoms with E-state index >= 15 is 0 Å². The number of aromatic carboxylic acids is 1. The van der Waals surface area contributed by atoms with Crippen molar-refractivity contribution in [2.75, 3.05) is 11.5 Å². The second-order valence-corrected chi connectivity index (χ2v) is 10.1. The summed E-state index contributed by atoms with van der Waals surface area (Å²) in [5.41, 5.74) is 1.45. The van der Waals surface area contributed by atoms with Crippen LogP contribution >= 0.6 is 51.3 Å². The summed E-state index contributed by atoms with van der Waals surface area (Å²) in [5.74, 6) is -1.58. The zero-order valence-electron chi connectivity index (χ0n) is 20.2. The Hall–Kier alpha value is -3.44. The molecular formula is C27H19BrCl2N2O6S. The van der Waals surface area contributed by atoms with Gasteiger partial charge in [-0.3, -0.25) is 19.8 Å². The van der Waals surface area contributed by atoms with Crippen LogP contribution in [-0.2, 0) is 16.2 Å². The van der Waals surface area contributed by atoms with Crippen LogP contribution in [0.25, 0.3) is 6.08 Å². The highest BCUT2D eigenvalue weighted by molar-refractivity contribution is 9.10. The second kappa shape index (κ2) is 12.2. The molecule has 1 saturated heterocycles. The molecule has 0 aromatic heterocycles. The minimum absolute atomic E-state index is 0.115. The largest absolute Gasteiger partial charge is 0.490 e. The van der Waals surface area contributed by atoms with Crippen molar-refractivity contribution in [2.45, 2.75) is 13.5 Å². The lowest BCUT2D eigenvalue weighted by Crippen LogP contribution is -2.54. The smallest absolute Gasteiger partial charge is 0.335 e. The number of ether oxygens (including phenoxy) is 2. The average molecular weight is 650 g/mol. The molecule has 0 radical (unpaired) electrons. The number of amides is 2. The molecule has 0 aliphatic carbocycles. The summed E-state index contributed by atoms with van der Waals surface area (Å²) in [6.07, 6.45) is 1.41. The average Bonchev–Trinajstić information content (AvgIpc) is 2.89. The lowest BCUT2D eigenvalue weighted by molar-refractivity contribution is -0.122. The number of carboxylic acids is 1. The molecule has 8 nitrogen and oxygen atoms in total. The van der Waals surface area contributed by atoms with E-state index in [0.29, 0.717) is 28.1 Å². The van der Waals surface area contributed by atoms with E-state index in [2.05, 4.69) is 21.2 Å². The standard InChI is InChI=1S/C27H19BrCl2N2O6S/c1-2-37-21-11-16(18(28)12-22(21)38-13-14-6-8-15(9-7-14)26(35)36)10-17-24(33)31-27(39)32(25(17)34)20-5-3-4-19(29)23(20)30/h3-12H,2,13H2,1H3,(H,35,36)(H,31,33,39)/b17-10+. The molecule has 1 aliphatic heterocycles. The molecule has 1 heterocycles. The Kier molecular flexibility index (Phi) is 8.91. The van der Waals surface area contributed by atoms with Gasteiger partial charge in [-0.25, -0.2) is 4.79 Å². The van der Waals surface area contributed by atoms with E-state index in [-0.39, 0.29) is 38.6 Å². The summed E-state index contributed by atoms with van der Waals surface area (Å²) in [4.78, 5) is 38.4. The molecule has 0 saturated carbocycles. The van der Waals surface area contributed by atoms with Gasteiger partial charge in [0.15, 0.2) is 16.6 Å². The summed E-state index contributed by atoms with van der Waals surface area (Å²) in [6.45, 7) is 2.29. The molecule has 1 aliphatic rings. The number of hydrogen-bond donors (Lipinski definition) is 2. The Morgan fingerprint density at radius 2 is 1.79 bits per heavy atom. The first-order valence-electron chi connectivity index (χ1n) is 11.4. The van der Waals surface area contributed by atoms with E-state index in [0.717, 1.165) is 10.5 Å². The molecule has 3 aromatic rings. The highest BCUT2D eigenvalue weighted by atomic mass is 79.9. The van der Waals surface area contributed by atoms with Gasteiger partial charge in [0, 0.05) is 4.47 Å². The third-order valence-electron chi connectivity index (χ3n) is 5.53. The van der Waals surface area contributed by atoms with E-state index in [1.807, 2.05) is 0 Å². The maximum Gasteiger partial charge on any atom is 0.335 e. The molecule has 39 heavy (non-hydrogen) atoms. The van der Waals surface area contributed by atoms with Crippen LogP contribution in [0.1, 0.15) is 28.4 Å². The Morgan fingerprint density at radius 3 is 2.46 bits per heavy atom. The number of nitrogens with one attached hydrogen (secondary N) is 1. The molecule has 1 fully saturated rings. The quantitative estimate of drug-likeness (QED) is 0.169. The van der Waals surface area contributed by atoms with Crippen molar-refractivity contribution in [1.82, 2.24) is 5.32 Å². The van der Waals surface area contributed by atoms with Crippen molar-refractivity contribution < 1.29 is 29.0 Å². The second-order valence-electron chi connectivity index (χ2n) is 8.08. The minimum Gasteiger partial charge on any atom is -0.490 e. The predicted molar refractivity (Wildman–Crippen MR) is 156 cm³/mol. The van der Waals surface area contributed by atoms with Gasteiger partial charge in [-0.2, -0.15) is 0 Å². The molecule has 0 spiro atoms. The number of carbonyl (C=O) groups excluding carboxylic acids is 2. The maximum atomic E-state index is 13.4. The highest BCUT2D eigenvalue weighted by Crippen LogP contribution is 2.37. The first kappa shape index (κ1) is 28.6. The van der Waals surface area contributed by atoms with Gasteiger partial charge in [0.25, 0.3) is 11.8 Å². The molecule has 0 unspecified atom stereocenters. The lowest BCUT2D eigenvalue weighted by atomic mass is 10.1. The monoisotopic (exact) mass is 648 g/mol. The van der Waals surface area contributed by atoms with E-state index < -0.39 is 17.8 Å². The van der Waals surface area contributed by atoms with Gasteiger partial charge in [-0.05, 0) is 72.7 Å². The minimum atomic E-state index is -1.01. The van der Waals surface area contributed by atoms with E-state index in [1.54, 1.807) is 49.4 Å². The molecular weight excluding hydrogens is 631 g/mol. The van der Waals surface area contributed by atoms with Crippen molar-refractivity contribution >= 4 is 86.0 Å². The van der Waals surface area contributed by atoms with Gasteiger partial charge in [0.2, 0.25) is 0 Å². The molecule has 0 atom stereocenters. The van der Waals surface area contributed by atoms with Gasteiger partial charge >= 0.3 is 5.97 Å². The summed E-state index contributed by atoms with van der Waals surface area (Å²) in [6, 6.07) is 14.3. The first-order valence-corrected chi connectivity index (χ1v) is 13.3. The Balaban J connectivity index is 1.65. The van der Waals surface area contributed by atoms with Crippen LogP contribution in [-0.4, -0.2) is 34.6 Å². The summed E-state index contributed by atoms with van der Waals surface area (Å²) in [5, 5.41) is 11.8. The van der Waals surface area contributed by atoms with Gasteiger partial charge in [-0.1, -0.05) is 57.3 Å². The van der Waals surface area contributed by atoms with Crippen LogP contribution in [0.15, 0.2) is 64.6 Å². The normalized spacial score (nSPS) is 14.4. The topological polar surface area (TPSA) is 105 Å². The van der Waals surface area contributed by atoms with Gasteiger partial charge in [0.05, 0.1) is 27.9 Å². The van der Waals surface area contributed by atoms with Crippen molar-refractivity contribution in [2.24, 2.45) is 0 Å². The van der Waals surface area contributed by atoms with E-state index in [9.17, 15) is 14.4 Å². The summed E-state index contributed by atoms with van der Waals surface area (Å²) >= 11 is 21.2. The van der Waals surface area contributed by atoms with Crippen LogP contribution in [0.5, 0.6) is 11.5 Å². The third-order valence-corrected chi connectivity index (χ3v) is 7.31. The molecule has 12 heteroatoms. The number of anilines is 1. The van der Waals surface area contributed by atoms with Crippen LogP contribution in [0.2, 0.25) is 10.0 Å². The molecule has 2 amide bonds. The SMILES string of the molecule is CCOc1cc(/C=C2\C(=O)NC(=S)N(c3cccc(Cl)c3Cl)C2=O)c(Br)cc1OCc1ccc(C(=O)O)cc1. The van der Waals surface area contributed by atoms with Crippen LogP contribution in [0, 0.1) is 0 Å². The third kappa shape index (κ3) is 6.25. The van der Waals surface area contributed by atoms with Gasteiger partial charge in [0.1, 0.15) is 12.2 Å². The van der Waals surface area contributed by atoms with Gasteiger partial charge in [-0.15, -0.1) is 0 Å². The van der Waals surface area contributed by atoms with Crippen LogP contribution in [0.3, 0.4) is 0 Å². The van der Waals surface area contributed by atoms with E-state index in [1.165, 1.54) is 18.2 Å². The zero-order chi connectivity index (χ0) is 28.3. The Morgan fingerprint density at radius 1 is 1.10 bits per heavy atom. The molecule has 2 N–H and O–H groups in total. The van der Waals surface area contributed by atoms with Crippen LogP contribution in [0.4, 0.5) is 5.69 Å². The highest BCUT2D eigenvalue weighted by Gasteiger charge is 2.36. The summed E-state index contributed by atoms with van der Waals surface area (Å²) < 4.78 is 12.2. The zero-order valence-corrected chi connectivity index (χ0v) is 24.1. The molecule has 200 valence electrons. The van der Waals surface area contributed by atoms with Crippen molar-refractivity contribution in [3.63, 3.8) is 0 Å². The fraction of sp³-hybridized carbons (Fsp3) is 0.111. The number of hydrogen-bond acceptors (Lipinski definition) is 6. The van der Waals surface area contributed by atoms with Crippen LogP contribution < -0.4 is 19.7 Å². The number of halogens is 3. The van der Waals surface area contributed by atoms with Crippen molar-refractivity contribution in [3.8, 4) is 11.5 Å². The number of carboxylic acid groups (broad SMARTS) is 1. The number of carbonyl (C=O) groups is 3. The van der Waals surface area contributed by atoms with E-state index in [4.69, 9.17) is 50.0 Å². The van der Waals surface area contributed by atoms with Crippen molar-refractivity contribution in [1.29, 1.82) is 0 Å². The predicted octanol–water partition coefficient (Wildman–Crippen LogP) is 6.26.